The molecule has 27 heavy (non-hydrogen) atoms. The molecule has 4 atom stereocenters. The van der Waals surface area contributed by atoms with Crippen LogP contribution in [0.3, 0.4) is 0 Å². The van der Waals surface area contributed by atoms with Gasteiger partial charge in [0, 0.05) is 11.8 Å². The predicted molar refractivity (Wildman–Crippen MR) is 106 cm³/mol. The van der Waals surface area contributed by atoms with Gasteiger partial charge in [-0.2, -0.15) is 13.6 Å². The third kappa shape index (κ3) is 3.32. The van der Waals surface area contributed by atoms with Crippen LogP contribution in [0, 0.1) is 17.3 Å². The largest absolute Gasteiger partial charge is 0.380 e. The van der Waals surface area contributed by atoms with Gasteiger partial charge in [-0.25, -0.2) is 0 Å². The van der Waals surface area contributed by atoms with E-state index in [9.17, 15) is 13.2 Å². The normalized spacial score (nSPS) is 32.6. The van der Waals surface area contributed by atoms with Crippen LogP contribution in [0.2, 0.25) is 0 Å². The van der Waals surface area contributed by atoms with Crippen molar-refractivity contribution in [3.63, 3.8) is 0 Å². The summed E-state index contributed by atoms with van der Waals surface area (Å²) in [5.74, 6) is 3.11. The summed E-state index contributed by atoms with van der Waals surface area (Å²) in [5, 5.41) is 5.11. The van der Waals surface area contributed by atoms with E-state index in [1.54, 1.807) is 11.8 Å². The first-order valence-corrected chi connectivity index (χ1v) is 12.2. The van der Waals surface area contributed by atoms with Crippen molar-refractivity contribution < 1.29 is 17.4 Å². The summed E-state index contributed by atoms with van der Waals surface area (Å²) < 4.78 is 28.0. The lowest BCUT2D eigenvalue weighted by molar-refractivity contribution is -0.129. The fourth-order valence-corrected chi connectivity index (χ4v) is 7.01. The summed E-state index contributed by atoms with van der Waals surface area (Å²) in [5.41, 5.74) is 2.37. The second kappa shape index (κ2) is 6.78. The number of benzene rings is 1. The maximum atomic E-state index is 12.5. The van der Waals surface area contributed by atoms with Crippen molar-refractivity contribution in [2.45, 2.75) is 63.2 Å². The second-order valence-electron chi connectivity index (χ2n) is 8.34. The molecule has 3 unspecified atom stereocenters. The molecule has 7 heteroatoms. The van der Waals surface area contributed by atoms with E-state index in [1.165, 1.54) is 11.1 Å². The van der Waals surface area contributed by atoms with Crippen LogP contribution < -0.4 is 9.32 Å². The van der Waals surface area contributed by atoms with Crippen LogP contribution >= 0.6 is 11.8 Å². The molecule has 3 aliphatic rings. The molecule has 5 nitrogen and oxygen atoms in total. The van der Waals surface area contributed by atoms with Gasteiger partial charge in [0.1, 0.15) is 5.78 Å². The average Bonchev–Trinajstić information content (AvgIpc) is 2.89. The number of rotatable bonds is 4. The molecular weight excluding hydrogens is 382 g/mol. The fraction of sp³-hybridized carbons (Fsp3) is 0.650. The van der Waals surface area contributed by atoms with E-state index in [2.05, 4.69) is 13.0 Å². The molecule has 2 fully saturated rings. The van der Waals surface area contributed by atoms with Gasteiger partial charge in [0.05, 0.1) is 4.90 Å². The van der Waals surface area contributed by atoms with E-state index in [4.69, 9.17) is 9.32 Å². The van der Waals surface area contributed by atoms with E-state index in [1.807, 2.05) is 13.0 Å². The molecule has 3 aliphatic carbocycles. The van der Waals surface area contributed by atoms with E-state index >= 15 is 0 Å². The Morgan fingerprint density at radius 3 is 2.74 bits per heavy atom. The van der Waals surface area contributed by atoms with Crippen LogP contribution in [-0.4, -0.2) is 20.0 Å². The predicted octanol–water partition coefficient (Wildman–Crippen LogP) is 3.81. The van der Waals surface area contributed by atoms with Crippen molar-refractivity contribution in [1.82, 2.24) is 0 Å². The van der Waals surface area contributed by atoms with E-state index in [-0.39, 0.29) is 5.41 Å². The molecule has 148 valence electrons. The Morgan fingerprint density at radius 2 is 2.04 bits per heavy atom. The third-order valence-electron chi connectivity index (χ3n) is 7.00. The first-order chi connectivity index (χ1) is 12.7. The highest BCUT2D eigenvalue weighted by atomic mass is 32.2. The summed E-state index contributed by atoms with van der Waals surface area (Å²) >= 11 is 1.57. The zero-order chi connectivity index (χ0) is 19.4. The Morgan fingerprint density at radius 1 is 1.26 bits per heavy atom. The third-order valence-corrected chi connectivity index (χ3v) is 8.33. The first kappa shape index (κ1) is 19.3. The smallest absolute Gasteiger partial charge is 0.370 e. The van der Waals surface area contributed by atoms with Gasteiger partial charge in [0.25, 0.3) is 0 Å². The van der Waals surface area contributed by atoms with Crippen molar-refractivity contribution in [1.29, 1.82) is 0 Å². The maximum Gasteiger partial charge on any atom is 0.380 e. The van der Waals surface area contributed by atoms with Crippen molar-refractivity contribution in [2.24, 2.45) is 22.4 Å². The zero-order valence-electron chi connectivity index (χ0n) is 15.9. The van der Waals surface area contributed by atoms with Crippen LogP contribution in [0.1, 0.15) is 63.0 Å². The Kier molecular flexibility index (Phi) is 4.84. The summed E-state index contributed by atoms with van der Waals surface area (Å²) in [7, 11) is -4.04. The standard InChI is InChI=1S/C20H27NO4S2/c1-3-26-18-11-15-12(10-17(18)25-27(21,23)24)4-5-14-13(15)8-9-20(2)16(14)6-7-19(20)22/h10-11,13-14,16H,3-9H2,1-2H3,(H2,21,23,24)/t13?,14?,16?,20-/m0/s1. The van der Waals surface area contributed by atoms with Gasteiger partial charge in [-0.1, -0.05) is 13.8 Å². The van der Waals surface area contributed by atoms with Crippen LogP contribution in [0.5, 0.6) is 5.75 Å². The maximum absolute atomic E-state index is 12.5. The van der Waals surface area contributed by atoms with E-state index < -0.39 is 10.3 Å². The summed E-state index contributed by atoms with van der Waals surface area (Å²) in [6.45, 7) is 4.21. The lowest BCUT2D eigenvalue weighted by Crippen LogP contribution is -2.42. The van der Waals surface area contributed by atoms with E-state index in [0.29, 0.717) is 29.3 Å². The fourth-order valence-electron chi connectivity index (χ4n) is 5.81. The molecule has 4 rings (SSSR count). The summed E-state index contributed by atoms with van der Waals surface area (Å²) in [6, 6.07) is 4.00. The minimum absolute atomic E-state index is 0.129. The molecule has 1 aromatic rings. The number of ketones is 1. The van der Waals surface area contributed by atoms with Crippen LogP contribution in [0.25, 0.3) is 0 Å². The van der Waals surface area contributed by atoms with Gasteiger partial charge in [-0.05, 0) is 78.9 Å². The molecular formula is C20H27NO4S2. The highest BCUT2D eigenvalue weighted by molar-refractivity contribution is 7.99. The quantitative estimate of drug-likeness (QED) is 0.764. The van der Waals surface area contributed by atoms with Gasteiger partial charge in [0.15, 0.2) is 5.75 Å². The van der Waals surface area contributed by atoms with Crippen LogP contribution in [0.4, 0.5) is 0 Å². The lowest BCUT2D eigenvalue weighted by Gasteiger charge is -2.48. The van der Waals surface area contributed by atoms with Crippen molar-refractivity contribution in [3.8, 4) is 5.75 Å². The lowest BCUT2D eigenvalue weighted by atomic mass is 9.55. The molecule has 0 amide bonds. The molecule has 2 saturated carbocycles. The van der Waals surface area contributed by atoms with Gasteiger partial charge < -0.3 is 4.18 Å². The Hall–Kier alpha value is -1.05. The summed E-state index contributed by atoms with van der Waals surface area (Å²) in [6.07, 6.45) is 5.70. The molecule has 1 aromatic carbocycles. The molecule has 0 spiro atoms. The second-order valence-corrected chi connectivity index (χ2v) is 10.8. The van der Waals surface area contributed by atoms with Gasteiger partial charge in [-0.15, -0.1) is 11.8 Å². The molecule has 2 N–H and O–H groups in total. The molecule has 0 saturated heterocycles. The Bertz CT molecular complexity index is 882. The molecule has 0 bridgehead atoms. The number of fused-ring (bicyclic) bond motifs is 5. The minimum atomic E-state index is -4.04. The van der Waals surface area contributed by atoms with Crippen LogP contribution in [-0.2, 0) is 21.5 Å². The number of carbonyl (C=O) groups is 1. The number of aryl methyl sites for hydroxylation is 1. The van der Waals surface area contributed by atoms with Crippen molar-refractivity contribution >= 4 is 27.8 Å². The van der Waals surface area contributed by atoms with Gasteiger partial charge in [-0.3, -0.25) is 4.79 Å². The topological polar surface area (TPSA) is 86.5 Å². The van der Waals surface area contributed by atoms with Crippen molar-refractivity contribution in [2.75, 3.05) is 5.75 Å². The number of hydrogen-bond acceptors (Lipinski definition) is 5. The average molecular weight is 410 g/mol. The SMILES string of the molecule is CCSc1cc2c(cc1OS(N)(=O)=O)CCC1C2CC[C@]2(C)C(=O)CCC12. The van der Waals surface area contributed by atoms with Gasteiger partial charge in [0.2, 0.25) is 0 Å². The number of Topliss-reactive ketones (excluding diaryl/α,β-unsaturated/α-hetero) is 1. The van der Waals surface area contributed by atoms with Gasteiger partial charge >= 0.3 is 10.3 Å². The highest BCUT2D eigenvalue weighted by Crippen LogP contribution is 2.60. The Labute approximate surface area is 165 Å². The zero-order valence-corrected chi connectivity index (χ0v) is 17.5. The molecule has 0 aromatic heterocycles. The van der Waals surface area contributed by atoms with E-state index in [0.717, 1.165) is 49.2 Å². The number of hydrogen-bond donors (Lipinski definition) is 1. The molecule has 0 aliphatic heterocycles. The van der Waals surface area contributed by atoms with Crippen molar-refractivity contribution in [3.05, 3.63) is 23.3 Å². The number of thioether (sulfide) groups is 1. The first-order valence-electron chi connectivity index (χ1n) is 9.78. The number of carbonyl (C=O) groups excluding carboxylic acids is 1. The molecule has 0 heterocycles. The monoisotopic (exact) mass is 409 g/mol. The summed E-state index contributed by atoms with van der Waals surface area (Å²) in [4.78, 5) is 13.3. The molecule has 0 radical (unpaired) electrons. The highest BCUT2D eigenvalue weighted by Gasteiger charge is 2.54. The number of nitrogens with two attached hydrogens (primary N) is 1. The van der Waals surface area contributed by atoms with Crippen LogP contribution in [0.15, 0.2) is 17.0 Å². The Balaban J connectivity index is 1.72. The minimum Gasteiger partial charge on any atom is -0.370 e.